The lowest BCUT2D eigenvalue weighted by Gasteiger charge is -2.13. The maximum absolute atomic E-state index is 11.6. The topological polar surface area (TPSA) is 71.5 Å². The van der Waals surface area contributed by atoms with Crippen LogP contribution in [0, 0.1) is 20.8 Å². The molecule has 2 rings (SSSR count). The van der Waals surface area contributed by atoms with Gasteiger partial charge in [0.25, 0.3) is 0 Å². The lowest BCUT2D eigenvalue weighted by atomic mass is 10.1. The van der Waals surface area contributed by atoms with Crippen LogP contribution in [0.15, 0.2) is 11.4 Å². The van der Waals surface area contributed by atoms with Crippen LogP contribution in [0.2, 0.25) is 0 Å². The summed E-state index contributed by atoms with van der Waals surface area (Å²) in [7, 11) is 1.35. The molecular formula is C14H16N2O3S. The van der Waals surface area contributed by atoms with Crippen LogP contribution < -0.4 is 5.32 Å². The van der Waals surface area contributed by atoms with Gasteiger partial charge in [0, 0.05) is 0 Å². The molecular weight excluding hydrogens is 276 g/mol. The van der Waals surface area contributed by atoms with Crippen LogP contribution in [0.4, 0.5) is 11.5 Å². The molecule has 2 heterocycles. The number of carbonyl (C=O) groups is 1. The van der Waals surface area contributed by atoms with Crippen molar-refractivity contribution in [2.45, 2.75) is 20.8 Å². The molecule has 2 N–H and O–H groups in total. The Morgan fingerprint density at radius 2 is 2.05 bits per heavy atom. The molecule has 106 valence electrons. The lowest BCUT2D eigenvalue weighted by molar-refractivity contribution is 0.0607. The zero-order valence-corrected chi connectivity index (χ0v) is 12.6. The van der Waals surface area contributed by atoms with Crippen molar-refractivity contribution in [1.82, 2.24) is 4.98 Å². The number of anilines is 2. The van der Waals surface area contributed by atoms with Crippen molar-refractivity contribution in [1.29, 1.82) is 0 Å². The summed E-state index contributed by atoms with van der Waals surface area (Å²) < 4.78 is 4.74. The fourth-order valence-electron chi connectivity index (χ4n) is 1.84. The minimum atomic E-state index is -0.382. The van der Waals surface area contributed by atoms with Crippen LogP contribution in [0.1, 0.15) is 26.5 Å². The molecule has 2 aromatic heterocycles. The van der Waals surface area contributed by atoms with Crippen LogP contribution in [0.5, 0.6) is 5.75 Å². The minimum Gasteiger partial charge on any atom is -0.506 e. The number of esters is 1. The lowest BCUT2D eigenvalue weighted by Crippen LogP contribution is -2.05. The van der Waals surface area contributed by atoms with Crippen molar-refractivity contribution < 1.29 is 14.6 Å². The highest BCUT2D eigenvalue weighted by Crippen LogP contribution is 2.31. The number of aromatic nitrogens is 1. The zero-order valence-electron chi connectivity index (χ0n) is 11.8. The summed E-state index contributed by atoms with van der Waals surface area (Å²) in [6, 6.07) is 1.80. The van der Waals surface area contributed by atoms with Crippen molar-refractivity contribution in [2.24, 2.45) is 0 Å². The maximum atomic E-state index is 11.6. The molecule has 0 spiro atoms. The number of carbonyl (C=O) groups excluding carboxylic acids is 1. The molecule has 0 aliphatic heterocycles. The molecule has 0 aliphatic rings. The van der Waals surface area contributed by atoms with E-state index in [9.17, 15) is 9.90 Å². The van der Waals surface area contributed by atoms with E-state index in [4.69, 9.17) is 4.74 Å². The van der Waals surface area contributed by atoms with E-state index >= 15 is 0 Å². The number of ether oxygens (including phenoxy) is 1. The highest BCUT2D eigenvalue weighted by Gasteiger charge is 2.16. The summed E-state index contributed by atoms with van der Waals surface area (Å²) in [6.07, 6.45) is 0. The Labute approximate surface area is 121 Å². The number of methoxy groups -OCH3 is 1. The Bertz CT molecular complexity index is 665. The monoisotopic (exact) mass is 292 g/mol. The van der Waals surface area contributed by atoms with Crippen molar-refractivity contribution in [3.63, 3.8) is 0 Å². The highest BCUT2D eigenvalue weighted by molar-refractivity contribution is 7.12. The summed E-state index contributed by atoms with van der Waals surface area (Å²) in [6.45, 7) is 5.44. The van der Waals surface area contributed by atoms with Gasteiger partial charge in [0.2, 0.25) is 0 Å². The highest BCUT2D eigenvalue weighted by atomic mass is 32.1. The van der Waals surface area contributed by atoms with Crippen LogP contribution in [0.25, 0.3) is 0 Å². The molecule has 0 saturated heterocycles. The van der Waals surface area contributed by atoms with E-state index < -0.39 is 0 Å². The van der Waals surface area contributed by atoms with Crippen LogP contribution >= 0.6 is 11.3 Å². The molecule has 0 atom stereocenters. The second-order valence-corrected chi connectivity index (χ2v) is 5.34. The Morgan fingerprint density at radius 3 is 2.70 bits per heavy atom. The first kappa shape index (κ1) is 14.3. The first-order valence-electron chi connectivity index (χ1n) is 6.05. The van der Waals surface area contributed by atoms with Crippen molar-refractivity contribution in [3.8, 4) is 5.75 Å². The number of hydrogen-bond acceptors (Lipinski definition) is 6. The molecule has 6 heteroatoms. The van der Waals surface area contributed by atoms with Crippen LogP contribution in [-0.2, 0) is 4.74 Å². The molecule has 0 fully saturated rings. The predicted octanol–water partition coefficient (Wildman–Crippen LogP) is 3.30. The molecule has 0 amide bonds. The van der Waals surface area contributed by atoms with Gasteiger partial charge in [-0.15, -0.1) is 11.3 Å². The van der Waals surface area contributed by atoms with Gasteiger partial charge < -0.3 is 15.2 Å². The minimum absolute atomic E-state index is 0.201. The normalized spacial score (nSPS) is 10.4. The van der Waals surface area contributed by atoms with E-state index in [1.165, 1.54) is 18.4 Å². The Kier molecular flexibility index (Phi) is 3.94. The van der Waals surface area contributed by atoms with Gasteiger partial charge in [-0.2, -0.15) is 0 Å². The number of pyridine rings is 1. The third kappa shape index (κ3) is 2.46. The second-order valence-electron chi connectivity index (χ2n) is 4.42. The fraction of sp³-hybridized carbons (Fsp3) is 0.286. The molecule has 0 bridgehead atoms. The fourth-order valence-corrected chi connectivity index (χ4v) is 2.60. The van der Waals surface area contributed by atoms with Gasteiger partial charge >= 0.3 is 5.97 Å². The summed E-state index contributed by atoms with van der Waals surface area (Å²) in [5.74, 6) is 0.445. The first-order valence-corrected chi connectivity index (χ1v) is 6.93. The summed E-state index contributed by atoms with van der Waals surface area (Å²) in [5.41, 5.74) is 2.82. The number of aryl methyl sites for hydroxylation is 1. The van der Waals surface area contributed by atoms with Gasteiger partial charge in [-0.05, 0) is 43.3 Å². The number of hydrogen-bond donors (Lipinski definition) is 2. The standard InChI is InChI=1S/C14H16N2O3S/c1-7-8(2)13(15-9(3)11(7)17)16-10-5-6-20-12(10)14(18)19-4/h5-6,17H,1-4H3,(H,15,16). The van der Waals surface area contributed by atoms with Gasteiger partial charge in [0.15, 0.2) is 0 Å². The van der Waals surface area contributed by atoms with E-state index in [0.717, 1.165) is 11.1 Å². The molecule has 20 heavy (non-hydrogen) atoms. The molecule has 0 aromatic carbocycles. The molecule has 0 unspecified atom stereocenters. The number of nitrogens with one attached hydrogen (secondary N) is 1. The first-order chi connectivity index (χ1) is 9.45. The van der Waals surface area contributed by atoms with Gasteiger partial charge in [-0.3, -0.25) is 0 Å². The van der Waals surface area contributed by atoms with E-state index in [1.54, 1.807) is 13.0 Å². The smallest absolute Gasteiger partial charge is 0.350 e. The third-order valence-corrected chi connectivity index (χ3v) is 4.08. The largest absolute Gasteiger partial charge is 0.506 e. The van der Waals surface area contributed by atoms with E-state index in [1.807, 2.05) is 19.2 Å². The van der Waals surface area contributed by atoms with E-state index in [-0.39, 0.29) is 11.7 Å². The molecule has 5 nitrogen and oxygen atoms in total. The van der Waals surface area contributed by atoms with Crippen molar-refractivity contribution in [2.75, 3.05) is 12.4 Å². The SMILES string of the molecule is COC(=O)c1sccc1Nc1nc(C)c(O)c(C)c1C. The molecule has 0 radical (unpaired) electrons. The van der Waals surface area contributed by atoms with Gasteiger partial charge in [-0.1, -0.05) is 0 Å². The van der Waals surface area contributed by atoms with E-state index in [2.05, 4.69) is 10.3 Å². The Morgan fingerprint density at radius 1 is 1.35 bits per heavy atom. The van der Waals surface area contributed by atoms with Gasteiger partial charge in [0.1, 0.15) is 16.4 Å². The number of nitrogens with zero attached hydrogens (tertiary/aromatic N) is 1. The van der Waals surface area contributed by atoms with E-state index in [0.29, 0.717) is 22.1 Å². The summed E-state index contributed by atoms with van der Waals surface area (Å²) in [5, 5.41) is 14.8. The average Bonchev–Trinajstić information content (AvgIpc) is 2.89. The van der Waals surface area contributed by atoms with Crippen LogP contribution in [0.3, 0.4) is 0 Å². The molecule has 0 saturated carbocycles. The van der Waals surface area contributed by atoms with Gasteiger partial charge in [0.05, 0.1) is 18.5 Å². The molecule has 2 aromatic rings. The third-order valence-electron chi connectivity index (χ3n) is 3.18. The Balaban J connectivity index is 2.41. The zero-order chi connectivity index (χ0) is 14.9. The van der Waals surface area contributed by atoms with Crippen LogP contribution in [-0.4, -0.2) is 23.2 Å². The Hall–Kier alpha value is -2.08. The summed E-state index contributed by atoms with van der Waals surface area (Å²) in [4.78, 5) is 16.5. The quantitative estimate of drug-likeness (QED) is 0.849. The van der Waals surface area contributed by atoms with Crippen molar-refractivity contribution in [3.05, 3.63) is 33.1 Å². The number of rotatable bonds is 3. The van der Waals surface area contributed by atoms with Crippen molar-refractivity contribution >= 4 is 28.8 Å². The second kappa shape index (κ2) is 5.50. The summed E-state index contributed by atoms with van der Waals surface area (Å²) >= 11 is 1.30. The number of thiophene rings is 1. The average molecular weight is 292 g/mol. The predicted molar refractivity (Wildman–Crippen MR) is 79.1 cm³/mol. The molecule has 0 aliphatic carbocycles. The van der Waals surface area contributed by atoms with Gasteiger partial charge in [-0.25, -0.2) is 9.78 Å². The maximum Gasteiger partial charge on any atom is 0.350 e. The number of aromatic hydroxyl groups is 1.